The second-order valence-electron chi connectivity index (χ2n) is 5.19. The van der Waals surface area contributed by atoms with Crippen LogP contribution in [0, 0.1) is 12.3 Å². The summed E-state index contributed by atoms with van der Waals surface area (Å²) in [5, 5.41) is 7.11. The first-order chi connectivity index (χ1) is 9.04. The largest absolute Gasteiger partial charge is 0.392 e. The zero-order valence-electron chi connectivity index (χ0n) is 11.2. The van der Waals surface area contributed by atoms with Crippen LogP contribution in [0.25, 0.3) is 0 Å². The summed E-state index contributed by atoms with van der Waals surface area (Å²) in [6.07, 6.45) is 7.33. The van der Waals surface area contributed by atoms with Gasteiger partial charge in [0.05, 0.1) is 23.1 Å². The van der Waals surface area contributed by atoms with E-state index >= 15 is 0 Å². The van der Waals surface area contributed by atoms with Crippen molar-refractivity contribution in [2.45, 2.75) is 39.2 Å². The summed E-state index contributed by atoms with van der Waals surface area (Å²) in [7, 11) is 0. The third-order valence-electron chi connectivity index (χ3n) is 3.75. The summed E-state index contributed by atoms with van der Waals surface area (Å²) in [6, 6.07) is 0. The maximum absolute atomic E-state index is 12.3. The van der Waals surface area contributed by atoms with Gasteiger partial charge in [0.1, 0.15) is 0 Å². The number of carbonyl (C=O) groups excluding carboxylic acids is 1. The van der Waals surface area contributed by atoms with E-state index < -0.39 is 5.41 Å². The first kappa shape index (κ1) is 14.0. The normalized spacial score (nSPS) is 17.3. The minimum Gasteiger partial charge on any atom is -0.392 e. The van der Waals surface area contributed by atoms with E-state index in [2.05, 4.69) is 10.4 Å². The highest BCUT2D eigenvalue weighted by Crippen LogP contribution is 2.38. The molecule has 0 radical (unpaired) electrons. The molecule has 0 spiro atoms. The molecule has 3 N–H and O–H groups in total. The lowest BCUT2D eigenvalue weighted by Gasteiger charge is -2.26. The van der Waals surface area contributed by atoms with E-state index in [1.54, 1.807) is 6.20 Å². The summed E-state index contributed by atoms with van der Waals surface area (Å²) in [5.41, 5.74) is 6.27. The zero-order valence-corrected chi connectivity index (χ0v) is 12.0. The Kier molecular flexibility index (Phi) is 4.19. The van der Waals surface area contributed by atoms with Gasteiger partial charge in [0.15, 0.2) is 0 Å². The van der Waals surface area contributed by atoms with Gasteiger partial charge in [0.2, 0.25) is 5.91 Å². The third kappa shape index (κ3) is 2.94. The van der Waals surface area contributed by atoms with E-state index in [1.807, 2.05) is 17.8 Å². The first-order valence-electron chi connectivity index (χ1n) is 6.62. The summed E-state index contributed by atoms with van der Waals surface area (Å²) in [6.45, 7) is 3.19. The van der Waals surface area contributed by atoms with Gasteiger partial charge < -0.3 is 11.1 Å². The molecule has 1 amide bonds. The Balaban J connectivity index is 1.88. The summed E-state index contributed by atoms with van der Waals surface area (Å²) in [5.74, 6) is -0.0265. The average molecular weight is 280 g/mol. The van der Waals surface area contributed by atoms with Crippen LogP contribution in [0.5, 0.6) is 0 Å². The molecule has 2 rings (SSSR count). The van der Waals surface area contributed by atoms with E-state index in [-0.39, 0.29) is 5.91 Å². The van der Waals surface area contributed by atoms with Crippen LogP contribution >= 0.6 is 12.2 Å². The van der Waals surface area contributed by atoms with Crippen molar-refractivity contribution in [1.82, 2.24) is 15.1 Å². The Morgan fingerprint density at radius 1 is 1.58 bits per heavy atom. The number of hydrogen-bond donors (Lipinski definition) is 2. The van der Waals surface area contributed by atoms with Crippen LogP contribution in [0.3, 0.4) is 0 Å². The molecule has 0 unspecified atom stereocenters. The second kappa shape index (κ2) is 5.69. The molecule has 1 saturated carbocycles. The van der Waals surface area contributed by atoms with Gasteiger partial charge in [-0.15, -0.1) is 0 Å². The Morgan fingerprint density at radius 3 is 2.79 bits per heavy atom. The van der Waals surface area contributed by atoms with Crippen LogP contribution in [0.4, 0.5) is 0 Å². The lowest BCUT2D eigenvalue weighted by molar-refractivity contribution is -0.127. The van der Waals surface area contributed by atoms with E-state index in [9.17, 15) is 4.79 Å². The van der Waals surface area contributed by atoms with Crippen LogP contribution in [0.1, 0.15) is 31.2 Å². The van der Waals surface area contributed by atoms with E-state index in [0.717, 1.165) is 31.2 Å². The number of aromatic nitrogens is 2. The molecule has 1 aliphatic rings. The zero-order chi connectivity index (χ0) is 13.9. The number of hydrogen-bond acceptors (Lipinski definition) is 3. The maximum Gasteiger partial charge on any atom is 0.233 e. The van der Waals surface area contributed by atoms with Crippen LogP contribution < -0.4 is 11.1 Å². The Bertz CT molecular complexity index is 477. The SMILES string of the molecule is Cc1cnn(CCNC(=O)C2(C(N)=S)CCCC2)c1. The molecule has 0 bridgehead atoms. The molecule has 0 saturated heterocycles. The Labute approximate surface area is 118 Å². The fourth-order valence-electron chi connectivity index (χ4n) is 2.61. The molecule has 0 aliphatic heterocycles. The fourth-order valence-corrected chi connectivity index (χ4v) is 2.90. The van der Waals surface area contributed by atoms with Crippen molar-refractivity contribution in [3.05, 3.63) is 18.0 Å². The van der Waals surface area contributed by atoms with Crippen molar-refractivity contribution in [2.75, 3.05) is 6.54 Å². The number of aryl methyl sites for hydroxylation is 1. The topological polar surface area (TPSA) is 72.9 Å². The Morgan fingerprint density at radius 2 is 2.26 bits per heavy atom. The summed E-state index contributed by atoms with van der Waals surface area (Å²) < 4.78 is 1.82. The number of carbonyl (C=O) groups is 1. The third-order valence-corrected chi connectivity index (χ3v) is 4.14. The predicted molar refractivity (Wildman–Crippen MR) is 77.7 cm³/mol. The lowest BCUT2D eigenvalue weighted by atomic mass is 9.85. The van der Waals surface area contributed by atoms with Gasteiger partial charge in [-0.2, -0.15) is 5.10 Å². The van der Waals surface area contributed by atoms with Crippen LogP contribution in [0.15, 0.2) is 12.4 Å². The molecular weight excluding hydrogens is 260 g/mol. The molecule has 0 aromatic carbocycles. The summed E-state index contributed by atoms with van der Waals surface area (Å²) in [4.78, 5) is 12.6. The van der Waals surface area contributed by atoms with Crippen molar-refractivity contribution in [1.29, 1.82) is 0 Å². The van der Waals surface area contributed by atoms with Crippen molar-refractivity contribution >= 4 is 23.1 Å². The molecule has 5 nitrogen and oxygen atoms in total. The quantitative estimate of drug-likeness (QED) is 0.794. The number of amides is 1. The molecule has 19 heavy (non-hydrogen) atoms. The molecule has 0 atom stereocenters. The lowest BCUT2D eigenvalue weighted by Crippen LogP contribution is -2.47. The highest BCUT2D eigenvalue weighted by Gasteiger charge is 2.43. The van der Waals surface area contributed by atoms with Crippen molar-refractivity contribution in [3.63, 3.8) is 0 Å². The number of nitrogens with one attached hydrogen (secondary N) is 1. The monoisotopic (exact) mass is 280 g/mol. The van der Waals surface area contributed by atoms with Crippen molar-refractivity contribution in [2.24, 2.45) is 11.1 Å². The van der Waals surface area contributed by atoms with Gasteiger partial charge in [-0.25, -0.2) is 0 Å². The van der Waals surface area contributed by atoms with Gasteiger partial charge in [0, 0.05) is 12.7 Å². The maximum atomic E-state index is 12.3. The standard InChI is InChI=1S/C13H20N4OS/c1-10-8-16-17(9-10)7-6-15-12(18)13(11(14)19)4-2-3-5-13/h8-9H,2-7H2,1H3,(H2,14,19)(H,15,18). The molecule has 1 aromatic rings. The molecule has 1 heterocycles. The number of nitrogens with zero attached hydrogens (tertiary/aromatic N) is 2. The molecule has 6 heteroatoms. The molecule has 1 aliphatic carbocycles. The number of nitrogens with two attached hydrogens (primary N) is 1. The first-order valence-corrected chi connectivity index (χ1v) is 7.03. The van der Waals surface area contributed by atoms with Crippen molar-refractivity contribution < 1.29 is 4.79 Å². The highest BCUT2D eigenvalue weighted by molar-refractivity contribution is 7.80. The summed E-state index contributed by atoms with van der Waals surface area (Å²) >= 11 is 5.09. The molecular formula is C13H20N4OS. The molecule has 1 aromatic heterocycles. The van der Waals surface area contributed by atoms with Gasteiger partial charge in [-0.05, 0) is 25.3 Å². The predicted octanol–water partition coefficient (Wildman–Crippen LogP) is 1.15. The molecule has 1 fully saturated rings. The van der Waals surface area contributed by atoms with E-state index in [0.29, 0.717) is 18.1 Å². The number of thiocarbonyl (C=S) groups is 1. The average Bonchev–Trinajstić information content (AvgIpc) is 2.98. The second-order valence-corrected chi connectivity index (χ2v) is 5.63. The number of rotatable bonds is 5. The minimum atomic E-state index is -0.616. The Hall–Kier alpha value is -1.43. The minimum absolute atomic E-state index is 0.0265. The van der Waals surface area contributed by atoms with Crippen molar-refractivity contribution in [3.8, 4) is 0 Å². The van der Waals surface area contributed by atoms with Crippen LogP contribution in [-0.4, -0.2) is 27.2 Å². The van der Waals surface area contributed by atoms with Gasteiger partial charge >= 0.3 is 0 Å². The van der Waals surface area contributed by atoms with Crippen LogP contribution in [0.2, 0.25) is 0 Å². The van der Waals surface area contributed by atoms with E-state index in [1.165, 1.54) is 0 Å². The molecule has 104 valence electrons. The highest BCUT2D eigenvalue weighted by atomic mass is 32.1. The van der Waals surface area contributed by atoms with Gasteiger partial charge in [-0.1, -0.05) is 25.1 Å². The van der Waals surface area contributed by atoms with E-state index in [4.69, 9.17) is 18.0 Å². The fraction of sp³-hybridized carbons (Fsp3) is 0.615. The van der Waals surface area contributed by atoms with Gasteiger partial charge in [0.25, 0.3) is 0 Å². The smallest absolute Gasteiger partial charge is 0.233 e. The van der Waals surface area contributed by atoms with Crippen LogP contribution in [-0.2, 0) is 11.3 Å². The van der Waals surface area contributed by atoms with Gasteiger partial charge in [-0.3, -0.25) is 9.48 Å².